The second-order valence-electron chi connectivity index (χ2n) is 4.93. The van der Waals surface area contributed by atoms with Crippen LogP contribution in [0.2, 0.25) is 0 Å². The predicted molar refractivity (Wildman–Crippen MR) is 85.3 cm³/mol. The molecule has 0 unspecified atom stereocenters. The van der Waals surface area contributed by atoms with Gasteiger partial charge in [-0.15, -0.1) is 0 Å². The lowest BCUT2D eigenvalue weighted by molar-refractivity contribution is 0.152. The molecule has 112 valence electrons. The fourth-order valence-corrected chi connectivity index (χ4v) is 2.27. The van der Waals surface area contributed by atoms with Crippen LogP contribution in [0.25, 0.3) is 0 Å². The van der Waals surface area contributed by atoms with Crippen LogP contribution in [0.5, 0.6) is 0 Å². The number of hydrogen-bond donors (Lipinski definition) is 2. The molecule has 0 spiro atoms. The van der Waals surface area contributed by atoms with Crippen molar-refractivity contribution in [3.63, 3.8) is 0 Å². The first-order valence-corrected chi connectivity index (χ1v) is 7.17. The van der Waals surface area contributed by atoms with Gasteiger partial charge in [0.1, 0.15) is 0 Å². The highest BCUT2D eigenvalue weighted by Gasteiger charge is 2.05. The van der Waals surface area contributed by atoms with Gasteiger partial charge in [-0.3, -0.25) is 4.99 Å². The van der Waals surface area contributed by atoms with E-state index >= 15 is 0 Å². The SMILES string of the molecule is CCOCCNC(=NC)NCc1c(C)cc(C)cc1C. The Morgan fingerprint density at radius 2 is 1.80 bits per heavy atom. The van der Waals surface area contributed by atoms with Gasteiger partial charge in [-0.05, 0) is 44.4 Å². The van der Waals surface area contributed by atoms with Gasteiger partial charge in [-0.2, -0.15) is 0 Å². The van der Waals surface area contributed by atoms with Gasteiger partial charge in [0.05, 0.1) is 6.61 Å². The van der Waals surface area contributed by atoms with E-state index in [1.54, 1.807) is 7.05 Å². The van der Waals surface area contributed by atoms with Crippen molar-refractivity contribution in [2.75, 3.05) is 26.8 Å². The Kier molecular flexibility index (Phi) is 7.09. The zero-order valence-corrected chi connectivity index (χ0v) is 13.3. The number of benzene rings is 1. The first-order valence-electron chi connectivity index (χ1n) is 7.17. The first-order chi connectivity index (χ1) is 9.58. The number of nitrogens with zero attached hydrogens (tertiary/aromatic N) is 1. The highest BCUT2D eigenvalue weighted by Crippen LogP contribution is 2.15. The topological polar surface area (TPSA) is 45.6 Å². The van der Waals surface area contributed by atoms with Crippen molar-refractivity contribution in [2.45, 2.75) is 34.2 Å². The van der Waals surface area contributed by atoms with Gasteiger partial charge in [-0.25, -0.2) is 0 Å². The molecule has 2 N–H and O–H groups in total. The highest BCUT2D eigenvalue weighted by atomic mass is 16.5. The summed E-state index contributed by atoms with van der Waals surface area (Å²) in [7, 11) is 1.78. The number of nitrogens with one attached hydrogen (secondary N) is 2. The van der Waals surface area contributed by atoms with Crippen LogP contribution in [-0.4, -0.2) is 32.8 Å². The molecule has 4 heteroatoms. The molecule has 1 aromatic rings. The second-order valence-corrected chi connectivity index (χ2v) is 4.93. The Hall–Kier alpha value is -1.55. The van der Waals surface area contributed by atoms with E-state index < -0.39 is 0 Å². The molecule has 0 heterocycles. The van der Waals surface area contributed by atoms with Crippen molar-refractivity contribution in [1.29, 1.82) is 0 Å². The summed E-state index contributed by atoms with van der Waals surface area (Å²) >= 11 is 0. The summed E-state index contributed by atoms with van der Waals surface area (Å²) in [6, 6.07) is 4.44. The molecule has 0 aromatic heterocycles. The monoisotopic (exact) mass is 277 g/mol. The van der Waals surface area contributed by atoms with E-state index in [0.29, 0.717) is 6.61 Å². The molecule has 4 nitrogen and oxygen atoms in total. The van der Waals surface area contributed by atoms with E-state index in [1.165, 1.54) is 22.3 Å². The van der Waals surface area contributed by atoms with Gasteiger partial charge in [0.15, 0.2) is 5.96 Å². The van der Waals surface area contributed by atoms with Gasteiger partial charge in [0.25, 0.3) is 0 Å². The summed E-state index contributed by atoms with van der Waals surface area (Å²) in [6.45, 7) is 11.4. The lowest BCUT2D eigenvalue weighted by atomic mass is 10.00. The van der Waals surface area contributed by atoms with Crippen molar-refractivity contribution >= 4 is 5.96 Å². The number of ether oxygens (including phenoxy) is 1. The summed E-state index contributed by atoms with van der Waals surface area (Å²) in [6.07, 6.45) is 0. The first kappa shape index (κ1) is 16.5. The number of aryl methyl sites for hydroxylation is 3. The average Bonchev–Trinajstić information content (AvgIpc) is 2.39. The third kappa shape index (κ3) is 5.21. The quantitative estimate of drug-likeness (QED) is 0.476. The minimum absolute atomic E-state index is 0.694. The number of rotatable bonds is 6. The highest BCUT2D eigenvalue weighted by molar-refractivity contribution is 5.79. The van der Waals surface area contributed by atoms with Crippen molar-refractivity contribution in [3.05, 3.63) is 34.4 Å². The van der Waals surface area contributed by atoms with Gasteiger partial charge >= 0.3 is 0 Å². The smallest absolute Gasteiger partial charge is 0.191 e. The summed E-state index contributed by atoms with van der Waals surface area (Å²) in [5.74, 6) is 0.809. The van der Waals surface area contributed by atoms with Crippen LogP contribution >= 0.6 is 0 Å². The van der Waals surface area contributed by atoms with Crippen molar-refractivity contribution < 1.29 is 4.74 Å². The van der Waals surface area contributed by atoms with Crippen LogP contribution in [0.1, 0.15) is 29.2 Å². The molecule has 20 heavy (non-hydrogen) atoms. The Morgan fingerprint density at radius 3 is 2.35 bits per heavy atom. The molecular weight excluding hydrogens is 250 g/mol. The minimum atomic E-state index is 0.694. The summed E-state index contributed by atoms with van der Waals surface area (Å²) in [5.41, 5.74) is 5.28. The standard InChI is InChI=1S/C16H27N3O/c1-6-20-8-7-18-16(17-5)19-11-15-13(3)9-12(2)10-14(15)4/h9-10H,6-8,11H2,1-5H3,(H2,17,18,19). The second kappa shape index (κ2) is 8.59. The summed E-state index contributed by atoms with van der Waals surface area (Å²) in [4.78, 5) is 4.22. The Morgan fingerprint density at radius 1 is 1.15 bits per heavy atom. The van der Waals surface area contributed by atoms with Crippen LogP contribution in [0, 0.1) is 20.8 Å². The fourth-order valence-electron chi connectivity index (χ4n) is 2.27. The van der Waals surface area contributed by atoms with Gasteiger partial charge in [0.2, 0.25) is 0 Å². The molecule has 0 saturated carbocycles. The molecule has 0 aliphatic carbocycles. The number of hydrogen-bond acceptors (Lipinski definition) is 2. The molecule has 0 saturated heterocycles. The van der Waals surface area contributed by atoms with E-state index in [9.17, 15) is 0 Å². The Balaban J connectivity index is 2.53. The average molecular weight is 277 g/mol. The van der Waals surface area contributed by atoms with Crippen molar-refractivity contribution in [2.24, 2.45) is 4.99 Å². The molecule has 0 radical (unpaired) electrons. The Labute approximate surface area is 122 Å². The van der Waals surface area contributed by atoms with Crippen molar-refractivity contribution in [1.82, 2.24) is 10.6 Å². The molecule has 0 atom stereocenters. The van der Waals surface area contributed by atoms with Gasteiger partial charge in [0, 0.05) is 26.7 Å². The molecular formula is C16H27N3O. The van der Waals surface area contributed by atoms with Crippen molar-refractivity contribution in [3.8, 4) is 0 Å². The third-order valence-corrected chi connectivity index (χ3v) is 3.24. The number of aliphatic imine (C=N–C) groups is 1. The van der Waals surface area contributed by atoms with Crippen LogP contribution in [0.15, 0.2) is 17.1 Å². The van der Waals surface area contributed by atoms with Crippen LogP contribution in [-0.2, 0) is 11.3 Å². The minimum Gasteiger partial charge on any atom is -0.380 e. The van der Waals surface area contributed by atoms with Gasteiger partial charge in [-0.1, -0.05) is 17.7 Å². The largest absolute Gasteiger partial charge is 0.380 e. The summed E-state index contributed by atoms with van der Waals surface area (Å²) < 4.78 is 5.30. The zero-order valence-electron chi connectivity index (χ0n) is 13.3. The maximum Gasteiger partial charge on any atom is 0.191 e. The molecule has 0 amide bonds. The zero-order chi connectivity index (χ0) is 15.0. The maximum absolute atomic E-state index is 5.30. The lowest BCUT2D eigenvalue weighted by Gasteiger charge is -2.15. The lowest BCUT2D eigenvalue weighted by Crippen LogP contribution is -2.38. The molecule has 0 aliphatic rings. The van der Waals surface area contributed by atoms with E-state index in [2.05, 4.69) is 48.5 Å². The molecule has 1 aromatic carbocycles. The Bertz CT molecular complexity index is 432. The molecule has 0 bridgehead atoms. The predicted octanol–water partition coefficient (Wildman–Crippen LogP) is 2.31. The maximum atomic E-state index is 5.30. The van der Waals surface area contributed by atoms with Crippen LogP contribution < -0.4 is 10.6 Å². The van der Waals surface area contributed by atoms with E-state index in [-0.39, 0.29) is 0 Å². The van der Waals surface area contributed by atoms with Gasteiger partial charge < -0.3 is 15.4 Å². The third-order valence-electron chi connectivity index (χ3n) is 3.24. The fraction of sp³-hybridized carbons (Fsp3) is 0.562. The van der Waals surface area contributed by atoms with Crippen LogP contribution in [0.4, 0.5) is 0 Å². The molecule has 0 aliphatic heterocycles. The van der Waals surface area contributed by atoms with E-state index in [0.717, 1.165) is 25.7 Å². The number of guanidine groups is 1. The normalized spacial score (nSPS) is 11.6. The van der Waals surface area contributed by atoms with E-state index in [4.69, 9.17) is 4.74 Å². The molecule has 1 rings (SSSR count). The van der Waals surface area contributed by atoms with E-state index in [1.807, 2.05) is 6.92 Å². The summed E-state index contributed by atoms with van der Waals surface area (Å²) in [5, 5.41) is 6.59. The molecule has 0 fully saturated rings. The van der Waals surface area contributed by atoms with Crippen LogP contribution in [0.3, 0.4) is 0 Å².